The second kappa shape index (κ2) is 7.61. The molecule has 1 saturated carbocycles. The molecule has 0 aromatic carbocycles. The zero-order valence-corrected chi connectivity index (χ0v) is 11.9. The lowest BCUT2D eigenvalue weighted by Gasteiger charge is -2.27. The lowest BCUT2D eigenvalue weighted by molar-refractivity contribution is -0.143. The summed E-state index contributed by atoms with van der Waals surface area (Å²) < 4.78 is 1.71. The molecule has 1 heterocycles. The van der Waals surface area contributed by atoms with Crippen LogP contribution in [0.25, 0.3) is 0 Å². The summed E-state index contributed by atoms with van der Waals surface area (Å²) in [5.41, 5.74) is 0. The average Bonchev–Trinajstić information content (AvgIpc) is 2.97. The van der Waals surface area contributed by atoms with Gasteiger partial charge in [0.05, 0.1) is 12.1 Å². The van der Waals surface area contributed by atoms with Crippen LogP contribution in [0.4, 0.5) is 4.79 Å². The largest absolute Gasteiger partial charge is 0.481 e. The molecule has 1 aromatic heterocycles. The normalized spacial score (nSPS) is 21.7. The van der Waals surface area contributed by atoms with Crippen molar-refractivity contribution in [3.8, 4) is 0 Å². The van der Waals surface area contributed by atoms with Gasteiger partial charge in [-0.05, 0) is 25.7 Å². The monoisotopic (exact) mass is 295 g/mol. The highest BCUT2D eigenvalue weighted by molar-refractivity contribution is 5.74. The van der Waals surface area contributed by atoms with E-state index in [-0.39, 0.29) is 18.0 Å². The molecule has 1 aliphatic carbocycles. The summed E-state index contributed by atoms with van der Waals surface area (Å²) in [4.78, 5) is 22.7. The van der Waals surface area contributed by atoms with Crippen molar-refractivity contribution in [2.45, 2.75) is 44.7 Å². The molecule has 2 rings (SSSR count). The summed E-state index contributed by atoms with van der Waals surface area (Å²) in [5, 5.41) is 22.2. The van der Waals surface area contributed by atoms with Crippen molar-refractivity contribution in [3.05, 3.63) is 12.4 Å². The highest BCUT2D eigenvalue weighted by Crippen LogP contribution is 2.24. The van der Waals surface area contributed by atoms with Gasteiger partial charge in [-0.15, -0.1) is 5.10 Å². The Hall–Kier alpha value is -2.12. The van der Waals surface area contributed by atoms with Crippen molar-refractivity contribution in [1.82, 2.24) is 25.6 Å². The van der Waals surface area contributed by atoms with E-state index >= 15 is 0 Å². The molecule has 0 saturated heterocycles. The second-order valence-corrected chi connectivity index (χ2v) is 5.32. The summed E-state index contributed by atoms with van der Waals surface area (Å²) >= 11 is 0. The first kappa shape index (κ1) is 15.3. The predicted octanol–water partition coefficient (Wildman–Crippen LogP) is 0.611. The van der Waals surface area contributed by atoms with Crippen molar-refractivity contribution < 1.29 is 14.7 Å². The highest BCUT2D eigenvalue weighted by atomic mass is 16.4. The predicted molar refractivity (Wildman–Crippen MR) is 74.6 cm³/mol. The SMILES string of the molecule is O=C(NCCCn1ccnn1)NC1CCCC(C(=O)O)C1. The van der Waals surface area contributed by atoms with Crippen LogP contribution >= 0.6 is 0 Å². The molecule has 8 nitrogen and oxygen atoms in total. The quantitative estimate of drug-likeness (QED) is 0.666. The van der Waals surface area contributed by atoms with Gasteiger partial charge in [-0.3, -0.25) is 9.48 Å². The van der Waals surface area contributed by atoms with Gasteiger partial charge >= 0.3 is 12.0 Å². The van der Waals surface area contributed by atoms with Gasteiger partial charge in [-0.25, -0.2) is 4.79 Å². The molecule has 21 heavy (non-hydrogen) atoms. The third kappa shape index (κ3) is 5.05. The Labute approximate surface area is 122 Å². The molecule has 0 bridgehead atoms. The lowest BCUT2D eigenvalue weighted by atomic mass is 9.86. The minimum atomic E-state index is -0.769. The highest BCUT2D eigenvalue weighted by Gasteiger charge is 2.27. The molecular formula is C13H21N5O3. The van der Waals surface area contributed by atoms with Crippen molar-refractivity contribution >= 4 is 12.0 Å². The molecule has 8 heteroatoms. The molecule has 2 amide bonds. The van der Waals surface area contributed by atoms with Crippen LogP contribution in [0.5, 0.6) is 0 Å². The fourth-order valence-electron chi connectivity index (χ4n) is 2.58. The van der Waals surface area contributed by atoms with E-state index in [4.69, 9.17) is 5.11 Å². The van der Waals surface area contributed by atoms with E-state index in [1.54, 1.807) is 17.1 Å². The molecule has 1 fully saturated rings. The number of rotatable bonds is 6. The number of carbonyl (C=O) groups excluding carboxylic acids is 1. The maximum absolute atomic E-state index is 11.7. The number of aliphatic carboxylic acids is 1. The Morgan fingerprint density at radius 2 is 2.24 bits per heavy atom. The third-order valence-corrected chi connectivity index (χ3v) is 3.68. The van der Waals surface area contributed by atoms with Crippen LogP contribution < -0.4 is 10.6 Å². The number of hydrogen-bond donors (Lipinski definition) is 3. The Morgan fingerprint density at radius 1 is 1.38 bits per heavy atom. The number of nitrogens with one attached hydrogen (secondary N) is 2. The second-order valence-electron chi connectivity index (χ2n) is 5.32. The zero-order valence-electron chi connectivity index (χ0n) is 11.9. The van der Waals surface area contributed by atoms with E-state index in [1.807, 2.05) is 0 Å². The average molecular weight is 295 g/mol. The summed E-state index contributed by atoms with van der Waals surface area (Å²) in [6.45, 7) is 1.24. The van der Waals surface area contributed by atoms with Crippen molar-refractivity contribution in [2.75, 3.05) is 6.54 Å². The van der Waals surface area contributed by atoms with Crippen LogP contribution in [0.2, 0.25) is 0 Å². The molecular weight excluding hydrogens is 274 g/mol. The Kier molecular flexibility index (Phi) is 5.53. The summed E-state index contributed by atoms with van der Waals surface area (Å²) in [6, 6.07) is -0.278. The first-order chi connectivity index (χ1) is 10.1. The van der Waals surface area contributed by atoms with Crippen LogP contribution in [0.15, 0.2) is 12.4 Å². The first-order valence-corrected chi connectivity index (χ1v) is 7.26. The van der Waals surface area contributed by atoms with Gasteiger partial charge in [0, 0.05) is 25.3 Å². The number of urea groups is 1. The van der Waals surface area contributed by atoms with Crippen molar-refractivity contribution in [1.29, 1.82) is 0 Å². The van der Waals surface area contributed by atoms with Gasteiger partial charge in [0.25, 0.3) is 0 Å². The zero-order chi connectivity index (χ0) is 15.1. The van der Waals surface area contributed by atoms with E-state index < -0.39 is 5.97 Å². The van der Waals surface area contributed by atoms with E-state index in [1.165, 1.54) is 0 Å². The molecule has 0 radical (unpaired) electrons. The molecule has 0 spiro atoms. The van der Waals surface area contributed by atoms with Gasteiger partial charge in [-0.1, -0.05) is 11.6 Å². The third-order valence-electron chi connectivity index (χ3n) is 3.68. The van der Waals surface area contributed by atoms with Crippen LogP contribution in [-0.4, -0.2) is 44.7 Å². The van der Waals surface area contributed by atoms with Crippen LogP contribution in [0.3, 0.4) is 0 Å². The molecule has 2 unspecified atom stereocenters. The van der Waals surface area contributed by atoms with Crippen molar-refractivity contribution in [3.63, 3.8) is 0 Å². The summed E-state index contributed by atoms with van der Waals surface area (Å²) in [5.74, 6) is -1.11. The van der Waals surface area contributed by atoms with E-state index in [0.29, 0.717) is 25.9 Å². The van der Waals surface area contributed by atoms with Gasteiger partial charge in [0.15, 0.2) is 0 Å². The maximum Gasteiger partial charge on any atom is 0.315 e. The topological polar surface area (TPSA) is 109 Å². The number of hydrogen-bond acceptors (Lipinski definition) is 4. The molecule has 0 aliphatic heterocycles. The summed E-state index contributed by atoms with van der Waals surface area (Å²) in [6.07, 6.45) is 7.05. The smallest absolute Gasteiger partial charge is 0.315 e. The van der Waals surface area contributed by atoms with Crippen LogP contribution in [0, 0.1) is 5.92 Å². The van der Waals surface area contributed by atoms with Gasteiger partial charge in [0.1, 0.15) is 0 Å². The lowest BCUT2D eigenvalue weighted by Crippen LogP contribution is -2.45. The number of carbonyl (C=O) groups is 2. The van der Waals surface area contributed by atoms with Crippen molar-refractivity contribution in [2.24, 2.45) is 5.92 Å². The van der Waals surface area contributed by atoms with E-state index in [0.717, 1.165) is 19.3 Å². The molecule has 116 valence electrons. The minimum absolute atomic E-state index is 0.0461. The Morgan fingerprint density at radius 3 is 2.95 bits per heavy atom. The standard InChI is InChI=1S/C13H21N5O3/c19-12(20)10-3-1-4-11(9-10)16-13(21)14-5-2-7-18-8-6-15-17-18/h6,8,10-11H,1-5,7,9H2,(H,19,20)(H2,14,16,21). The molecule has 3 N–H and O–H groups in total. The number of carboxylic acid groups (broad SMARTS) is 1. The molecule has 2 atom stereocenters. The number of amides is 2. The van der Waals surface area contributed by atoms with E-state index in [2.05, 4.69) is 20.9 Å². The number of aromatic nitrogens is 3. The fraction of sp³-hybridized carbons (Fsp3) is 0.692. The Balaban J connectivity index is 1.61. The molecule has 1 aliphatic rings. The Bertz CT molecular complexity index is 462. The van der Waals surface area contributed by atoms with Gasteiger partial charge in [0.2, 0.25) is 0 Å². The minimum Gasteiger partial charge on any atom is -0.481 e. The van der Waals surface area contributed by atoms with Crippen LogP contribution in [0.1, 0.15) is 32.1 Å². The van der Waals surface area contributed by atoms with E-state index in [9.17, 15) is 9.59 Å². The number of aryl methyl sites for hydroxylation is 1. The number of carboxylic acids is 1. The summed E-state index contributed by atoms with van der Waals surface area (Å²) in [7, 11) is 0. The van der Waals surface area contributed by atoms with Crippen LogP contribution in [-0.2, 0) is 11.3 Å². The maximum atomic E-state index is 11.7. The van der Waals surface area contributed by atoms with Gasteiger partial charge < -0.3 is 15.7 Å². The fourth-order valence-corrected chi connectivity index (χ4v) is 2.58. The first-order valence-electron chi connectivity index (χ1n) is 7.26. The molecule has 1 aromatic rings. The number of nitrogens with zero attached hydrogens (tertiary/aromatic N) is 3. The van der Waals surface area contributed by atoms with Gasteiger partial charge in [-0.2, -0.15) is 0 Å².